The Balaban J connectivity index is 1.50. The van der Waals surface area contributed by atoms with Crippen molar-refractivity contribution in [1.29, 1.82) is 0 Å². The van der Waals surface area contributed by atoms with Gasteiger partial charge in [-0.05, 0) is 73.5 Å². The van der Waals surface area contributed by atoms with Gasteiger partial charge in [-0.3, -0.25) is 14.5 Å². The zero-order valence-corrected chi connectivity index (χ0v) is 21.4. The Kier molecular flexibility index (Phi) is 5.87. The Morgan fingerprint density at radius 3 is 2.71 bits per heavy atom. The molecule has 4 aromatic rings. The minimum absolute atomic E-state index is 0.00877. The third kappa shape index (κ3) is 3.99. The summed E-state index contributed by atoms with van der Waals surface area (Å²) in [7, 11) is 0. The monoisotopic (exact) mass is 530 g/mol. The molecule has 1 fully saturated rings. The van der Waals surface area contributed by atoms with Crippen molar-refractivity contribution in [2.75, 3.05) is 11.5 Å². The Bertz CT molecular complexity index is 1630. The number of rotatable bonds is 5. The number of aromatic nitrogens is 1. The number of carbonyl (C=O) groups excluding carboxylic acids is 2. The molecule has 0 bridgehead atoms. The van der Waals surface area contributed by atoms with Crippen molar-refractivity contribution < 1.29 is 28.6 Å². The Morgan fingerprint density at radius 1 is 1.16 bits per heavy atom. The van der Waals surface area contributed by atoms with Crippen molar-refractivity contribution in [3.8, 4) is 11.5 Å². The van der Waals surface area contributed by atoms with Crippen molar-refractivity contribution in [2.45, 2.75) is 32.4 Å². The molecule has 0 saturated carbocycles. The Labute approximate surface area is 221 Å². The lowest BCUT2D eigenvalue weighted by atomic mass is 9.94. The fraction of sp³-hybridized carbons (Fsp3) is 0.207. The number of carbonyl (C=O) groups is 2. The van der Waals surface area contributed by atoms with E-state index in [-0.39, 0.29) is 17.4 Å². The molecule has 0 aliphatic carbocycles. The molecule has 1 aromatic heterocycles. The van der Waals surface area contributed by atoms with Gasteiger partial charge in [-0.1, -0.05) is 23.5 Å². The van der Waals surface area contributed by atoms with Crippen molar-refractivity contribution in [1.82, 2.24) is 4.98 Å². The van der Waals surface area contributed by atoms with Crippen LogP contribution in [0.4, 0.5) is 9.52 Å². The second kappa shape index (κ2) is 9.25. The number of benzene rings is 3. The number of ketones is 1. The van der Waals surface area contributed by atoms with E-state index in [1.54, 1.807) is 30.3 Å². The molecule has 2 aliphatic heterocycles. The maximum atomic E-state index is 13.8. The highest BCUT2D eigenvalue weighted by Crippen LogP contribution is 2.45. The molecule has 7 nitrogen and oxygen atoms in total. The lowest BCUT2D eigenvalue weighted by molar-refractivity contribution is -0.132. The van der Waals surface area contributed by atoms with E-state index >= 15 is 0 Å². The number of ether oxygens (including phenoxy) is 2. The molecule has 1 amide bonds. The van der Waals surface area contributed by atoms with Gasteiger partial charge in [0.2, 0.25) is 0 Å². The van der Waals surface area contributed by atoms with Crippen LogP contribution >= 0.6 is 11.3 Å². The van der Waals surface area contributed by atoms with Crippen molar-refractivity contribution >= 4 is 44.1 Å². The third-order valence-electron chi connectivity index (χ3n) is 6.67. The van der Waals surface area contributed by atoms with Gasteiger partial charge in [0.1, 0.15) is 29.2 Å². The van der Waals surface area contributed by atoms with E-state index in [1.165, 1.54) is 40.5 Å². The van der Waals surface area contributed by atoms with Crippen LogP contribution in [0, 0.1) is 5.82 Å². The van der Waals surface area contributed by atoms with Gasteiger partial charge in [0.15, 0.2) is 5.13 Å². The molecule has 192 valence electrons. The lowest BCUT2D eigenvalue weighted by Crippen LogP contribution is -2.29. The Morgan fingerprint density at radius 2 is 1.95 bits per heavy atom. The highest BCUT2D eigenvalue weighted by Gasteiger charge is 2.48. The van der Waals surface area contributed by atoms with Crippen LogP contribution in [0.1, 0.15) is 36.6 Å². The van der Waals surface area contributed by atoms with E-state index in [0.29, 0.717) is 40.6 Å². The number of hydrogen-bond acceptors (Lipinski definition) is 7. The predicted molar refractivity (Wildman–Crippen MR) is 142 cm³/mol. The number of thiazole rings is 1. The molecule has 0 radical (unpaired) electrons. The van der Waals surface area contributed by atoms with E-state index < -0.39 is 23.5 Å². The zero-order chi connectivity index (χ0) is 26.6. The molecular weight excluding hydrogens is 507 g/mol. The second-order valence-corrected chi connectivity index (χ2v) is 10.2. The van der Waals surface area contributed by atoms with E-state index in [1.807, 2.05) is 19.9 Å². The van der Waals surface area contributed by atoms with Gasteiger partial charge < -0.3 is 14.6 Å². The van der Waals surface area contributed by atoms with Gasteiger partial charge in [0.25, 0.3) is 5.78 Å². The molecule has 2 aliphatic rings. The van der Waals surface area contributed by atoms with E-state index in [4.69, 9.17) is 9.47 Å². The van der Waals surface area contributed by atoms with Gasteiger partial charge in [-0.2, -0.15) is 0 Å². The van der Waals surface area contributed by atoms with Crippen LogP contribution in [0.5, 0.6) is 11.5 Å². The first-order valence-corrected chi connectivity index (χ1v) is 13.1. The molecular formula is C29H23FN2O5S. The first-order valence-electron chi connectivity index (χ1n) is 12.2. The fourth-order valence-electron chi connectivity index (χ4n) is 4.97. The first kappa shape index (κ1) is 24.1. The number of nitrogens with zero attached hydrogens (tertiary/aromatic N) is 2. The summed E-state index contributed by atoms with van der Waals surface area (Å²) in [6.45, 7) is 4.35. The van der Waals surface area contributed by atoms with Crippen LogP contribution in [0.25, 0.3) is 16.0 Å². The number of fused-ring (bicyclic) bond motifs is 2. The highest BCUT2D eigenvalue weighted by molar-refractivity contribution is 7.22. The molecule has 0 spiro atoms. The third-order valence-corrected chi connectivity index (χ3v) is 7.68. The van der Waals surface area contributed by atoms with E-state index in [9.17, 15) is 19.1 Å². The fourth-order valence-corrected chi connectivity index (χ4v) is 5.99. The summed E-state index contributed by atoms with van der Waals surface area (Å²) in [5.41, 5.74) is 2.34. The minimum atomic E-state index is -0.994. The summed E-state index contributed by atoms with van der Waals surface area (Å²) in [6.07, 6.45) is 0.677. The van der Waals surface area contributed by atoms with E-state index in [0.717, 1.165) is 16.0 Å². The predicted octanol–water partition coefficient (Wildman–Crippen LogP) is 5.78. The van der Waals surface area contributed by atoms with Crippen LogP contribution in [-0.4, -0.2) is 34.5 Å². The van der Waals surface area contributed by atoms with Crippen LogP contribution < -0.4 is 14.4 Å². The molecule has 3 heterocycles. The number of aliphatic hydroxyl groups excluding tert-OH is 1. The summed E-state index contributed by atoms with van der Waals surface area (Å²) in [4.78, 5) is 32.8. The average Bonchev–Trinajstić information content (AvgIpc) is 3.56. The maximum Gasteiger partial charge on any atom is 0.301 e. The summed E-state index contributed by atoms with van der Waals surface area (Å²) in [5, 5.41) is 11.7. The number of amides is 1. The number of hydrogen-bond donors (Lipinski definition) is 1. The summed E-state index contributed by atoms with van der Waals surface area (Å²) in [5.74, 6) is -1.02. The second-order valence-electron chi connectivity index (χ2n) is 9.23. The Hall–Kier alpha value is -4.24. The molecule has 9 heteroatoms. The van der Waals surface area contributed by atoms with Gasteiger partial charge >= 0.3 is 5.91 Å². The van der Waals surface area contributed by atoms with Gasteiger partial charge in [0.05, 0.1) is 28.4 Å². The number of anilines is 1. The maximum absolute atomic E-state index is 13.8. The normalized spacial score (nSPS) is 20.1. The largest absolute Gasteiger partial charge is 0.507 e. The van der Waals surface area contributed by atoms with Crippen molar-refractivity contribution in [3.63, 3.8) is 0 Å². The lowest BCUT2D eigenvalue weighted by Gasteiger charge is -2.23. The SMILES string of the molecule is CCOc1ccc2nc(N3C(=O)C(=O)C(=C(O)c4ccc5c(c4)C[C@@H](C)O5)[C@H]3c3ccc(F)cc3)sc2c1. The number of aliphatic hydroxyl groups is 1. The van der Waals surface area contributed by atoms with E-state index in [2.05, 4.69) is 4.98 Å². The minimum Gasteiger partial charge on any atom is -0.507 e. The molecule has 1 saturated heterocycles. The van der Waals surface area contributed by atoms with Crippen LogP contribution in [0.3, 0.4) is 0 Å². The zero-order valence-electron chi connectivity index (χ0n) is 20.6. The van der Waals surface area contributed by atoms with Crippen molar-refractivity contribution in [2.24, 2.45) is 0 Å². The molecule has 2 atom stereocenters. The highest BCUT2D eigenvalue weighted by atomic mass is 32.1. The topological polar surface area (TPSA) is 89.0 Å². The molecule has 38 heavy (non-hydrogen) atoms. The van der Waals surface area contributed by atoms with Crippen LogP contribution in [-0.2, 0) is 16.0 Å². The smallest absolute Gasteiger partial charge is 0.301 e. The molecule has 3 aromatic carbocycles. The quantitative estimate of drug-likeness (QED) is 0.200. The van der Waals surface area contributed by atoms with Crippen LogP contribution in [0.15, 0.2) is 66.2 Å². The van der Waals surface area contributed by atoms with Gasteiger partial charge in [-0.25, -0.2) is 9.37 Å². The molecule has 1 N–H and O–H groups in total. The van der Waals surface area contributed by atoms with Crippen molar-refractivity contribution in [3.05, 3.63) is 88.7 Å². The summed E-state index contributed by atoms with van der Waals surface area (Å²) in [6, 6.07) is 15.1. The number of Topliss-reactive ketones (excluding diaryl/α,β-unsaturated/α-hetero) is 1. The van der Waals surface area contributed by atoms with Gasteiger partial charge in [-0.15, -0.1) is 0 Å². The summed E-state index contributed by atoms with van der Waals surface area (Å²) >= 11 is 1.23. The number of halogens is 1. The first-order chi connectivity index (χ1) is 18.3. The average molecular weight is 531 g/mol. The molecule has 0 unspecified atom stereocenters. The molecule has 6 rings (SSSR count). The van der Waals surface area contributed by atoms with Gasteiger partial charge in [0, 0.05) is 12.0 Å². The summed E-state index contributed by atoms with van der Waals surface area (Å²) < 4.78 is 25.9. The van der Waals surface area contributed by atoms with Crippen LogP contribution in [0.2, 0.25) is 0 Å². The standard InChI is InChI=1S/C29H23FN2O5S/c1-3-36-20-9-10-21-23(14-20)38-29(31-21)32-25(16-4-7-19(30)8-5-16)24(27(34)28(32)35)26(33)17-6-11-22-18(13-17)12-15(2)37-22/h4-11,13-15,25,33H,3,12H2,1-2H3/t15-,25-/m1/s1.